The van der Waals surface area contributed by atoms with Crippen molar-refractivity contribution in [2.75, 3.05) is 0 Å². The van der Waals surface area contributed by atoms with E-state index < -0.39 is 12.3 Å². The Morgan fingerprint density at radius 3 is 2.83 bits per heavy atom. The van der Waals surface area contributed by atoms with E-state index in [1.54, 1.807) is 35.7 Å². The third kappa shape index (κ3) is 3.77. The van der Waals surface area contributed by atoms with E-state index in [0.29, 0.717) is 29.6 Å². The summed E-state index contributed by atoms with van der Waals surface area (Å²) in [6.07, 6.45) is 3.86. The van der Waals surface area contributed by atoms with Crippen molar-refractivity contribution in [1.82, 2.24) is 20.5 Å². The highest BCUT2D eigenvalue weighted by Crippen LogP contribution is 2.35. The summed E-state index contributed by atoms with van der Waals surface area (Å²) in [6.45, 7) is 1.95. The summed E-state index contributed by atoms with van der Waals surface area (Å²) in [5, 5.41) is 23.1. The predicted octanol–water partition coefficient (Wildman–Crippen LogP) is 4.28. The summed E-state index contributed by atoms with van der Waals surface area (Å²) in [5.41, 5.74) is 2.02. The van der Waals surface area contributed by atoms with Crippen LogP contribution in [0.25, 0.3) is 21.7 Å². The molecule has 0 spiro atoms. The van der Waals surface area contributed by atoms with E-state index in [4.69, 9.17) is 4.74 Å². The lowest BCUT2D eigenvalue weighted by molar-refractivity contribution is 0.00652. The van der Waals surface area contributed by atoms with Gasteiger partial charge < -0.3 is 15.2 Å². The zero-order chi connectivity index (χ0) is 20.7. The molecular formula is C22H23FN4O2S. The maximum atomic E-state index is 14.7. The van der Waals surface area contributed by atoms with Crippen molar-refractivity contribution in [3.05, 3.63) is 41.5 Å². The molecule has 30 heavy (non-hydrogen) atoms. The van der Waals surface area contributed by atoms with Gasteiger partial charge in [0, 0.05) is 36.3 Å². The molecule has 2 fully saturated rings. The summed E-state index contributed by atoms with van der Waals surface area (Å²) in [4.78, 5) is 5.25. The van der Waals surface area contributed by atoms with Gasteiger partial charge in [-0.05, 0) is 43.5 Å². The summed E-state index contributed by atoms with van der Waals surface area (Å²) in [5.74, 6) is 0.430. The van der Waals surface area contributed by atoms with Gasteiger partial charge in [0.25, 0.3) is 0 Å². The number of phenolic OH excluding ortho intramolecular Hbond substituents is 1. The molecule has 5 rings (SSSR count). The second-order valence-electron chi connectivity index (χ2n) is 7.97. The van der Waals surface area contributed by atoms with E-state index in [1.165, 1.54) is 0 Å². The van der Waals surface area contributed by atoms with Crippen molar-refractivity contribution in [3.8, 4) is 33.3 Å². The fourth-order valence-corrected chi connectivity index (χ4v) is 5.13. The average Bonchev–Trinajstić information content (AvgIpc) is 3.19. The van der Waals surface area contributed by atoms with Crippen molar-refractivity contribution < 1.29 is 14.2 Å². The van der Waals surface area contributed by atoms with Crippen LogP contribution in [0.3, 0.4) is 0 Å². The second kappa shape index (κ2) is 7.92. The highest BCUT2D eigenvalue weighted by Gasteiger charge is 2.41. The summed E-state index contributed by atoms with van der Waals surface area (Å²) >= 11 is 1.57. The molecular weight excluding hydrogens is 403 g/mol. The van der Waals surface area contributed by atoms with Gasteiger partial charge in [0.15, 0.2) is 6.17 Å². The molecule has 8 heteroatoms. The van der Waals surface area contributed by atoms with Gasteiger partial charge in [-0.2, -0.15) is 0 Å². The summed E-state index contributed by atoms with van der Waals surface area (Å²) in [6, 6.07) is 9.05. The van der Waals surface area contributed by atoms with E-state index in [-0.39, 0.29) is 11.8 Å². The maximum Gasteiger partial charge on any atom is 0.233 e. The Morgan fingerprint density at radius 1 is 1.20 bits per heavy atom. The number of halogens is 1. The first kappa shape index (κ1) is 19.4. The molecule has 0 saturated carbocycles. The number of aryl methyl sites for hydroxylation is 1. The molecule has 1 aromatic carbocycles. The fourth-order valence-electron chi connectivity index (χ4n) is 4.35. The minimum atomic E-state index is -1.05. The molecule has 156 valence electrons. The smallest absolute Gasteiger partial charge is 0.233 e. The lowest BCUT2D eigenvalue weighted by Gasteiger charge is -2.42. The first-order valence-electron chi connectivity index (χ1n) is 10.2. The number of benzene rings is 1. The van der Waals surface area contributed by atoms with Gasteiger partial charge in [0.1, 0.15) is 11.9 Å². The van der Waals surface area contributed by atoms with Crippen LogP contribution in [0.4, 0.5) is 4.39 Å². The van der Waals surface area contributed by atoms with Crippen LogP contribution in [-0.2, 0) is 0 Å². The average molecular weight is 427 g/mol. The van der Waals surface area contributed by atoms with Crippen molar-refractivity contribution in [3.63, 3.8) is 0 Å². The van der Waals surface area contributed by atoms with Crippen LogP contribution in [0.15, 0.2) is 36.5 Å². The van der Waals surface area contributed by atoms with Gasteiger partial charge in [-0.25, -0.2) is 9.37 Å². The maximum absolute atomic E-state index is 14.7. The van der Waals surface area contributed by atoms with Crippen LogP contribution in [0, 0.1) is 6.92 Å². The van der Waals surface area contributed by atoms with E-state index >= 15 is 0 Å². The number of fused-ring (bicyclic) bond motifs is 2. The summed E-state index contributed by atoms with van der Waals surface area (Å²) in [7, 11) is 0. The Hall–Kier alpha value is -2.58. The van der Waals surface area contributed by atoms with E-state index in [9.17, 15) is 9.50 Å². The number of alkyl halides is 1. The van der Waals surface area contributed by atoms with Gasteiger partial charge in [-0.3, -0.25) is 0 Å². The van der Waals surface area contributed by atoms with Crippen molar-refractivity contribution in [1.29, 1.82) is 0 Å². The number of ether oxygens (including phenoxy) is 1. The molecule has 2 bridgehead atoms. The van der Waals surface area contributed by atoms with Crippen LogP contribution in [0.5, 0.6) is 11.6 Å². The molecule has 2 N–H and O–H groups in total. The molecule has 2 aliphatic rings. The van der Waals surface area contributed by atoms with E-state index in [2.05, 4.69) is 20.5 Å². The largest absolute Gasteiger partial charge is 0.507 e. The Morgan fingerprint density at radius 2 is 2.10 bits per heavy atom. The monoisotopic (exact) mass is 426 g/mol. The molecule has 2 saturated heterocycles. The zero-order valence-electron chi connectivity index (χ0n) is 16.6. The molecule has 3 aromatic rings. The van der Waals surface area contributed by atoms with Crippen molar-refractivity contribution in [2.24, 2.45) is 0 Å². The molecule has 6 nitrogen and oxygen atoms in total. The van der Waals surface area contributed by atoms with Crippen LogP contribution in [-0.4, -0.2) is 44.6 Å². The Kier molecular flexibility index (Phi) is 5.12. The number of phenols is 1. The minimum Gasteiger partial charge on any atom is -0.507 e. The highest BCUT2D eigenvalue weighted by atomic mass is 32.1. The Balaban J connectivity index is 1.31. The number of nitrogens with zero attached hydrogens (tertiary/aromatic N) is 3. The minimum absolute atomic E-state index is 0.122. The van der Waals surface area contributed by atoms with Crippen LogP contribution in [0.2, 0.25) is 0 Å². The fraction of sp³-hybridized carbons (Fsp3) is 0.409. The molecule has 2 aromatic heterocycles. The molecule has 4 atom stereocenters. The van der Waals surface area contributed by atoms with Crippen LogP contribution in [0.1, 0.15) is 30.7 Å². The molecule has 0 amide bonds. The molecule has 0 radical (unpaired) electrons. The zero-order valence-corrected chi connectivity index (χ0v) is 17.4. The van der Waals surface area contributed by atoms with E-state index in [1.807, 2.05) is 19.1 Å². The number of rotatable bonds is 4. The third-order valence-corrected chi connectivity index (χ3v) is 6.83. The van der Waals surface area contributed by atoms with Gasteiger partial charge >= 0.3 is 0 Å². The second-order valence-corrected chi connectivity index (χ2v) is 9.20. The quantitative estimate of drug-likeness (QED) is 0.648. The lowest BCUT2D eigenvalue weighted by atomic mass is 9.84. The number of hydrogen-bond acceptors (Lipinski definition) is 7. The number of thiazole rings is 1. The molecule has 0 aliphatic carbocycles. The normalized spacial score (nSPS) is 25.8. The summed E-state index contributed by atoms with van der Waals surface area (Å²) < 4.78 is 20.6. The van der Waals surface area contributed by atoms with Crippen molar-refractivity contribution in [2.45, 2.75) is 57.0 Å². The Bertz CT molecular complexity index is 1040. The van der Waals surface area contributed by atoms with Crippen LogP contribution < -0.4 is 10.1 Å². The highest BCUT2D eigenvalue weighted by molar-refractivity contribution is 7.15. The third-order valence-electron chi connectivity index (χ3n) is 5.87. The van der Waals surface area contributed by atoms with Crippen LogP contribution >= 0.6 is 11.3 Å². The van der Waals surface area contributed by atoms with Gasteiger partial charge in [-0.15, -0.1) is 21.5 Å². The SMILES string of the molecule is Cc1ncc(-c2ccc(-c3ccc(O[C@H]4CC5CCCC(N5)[C@H]4F)nn3)c(O)c2)s1. The van der Waals surface area contributed by atoms with Crippen molar-refractivity contribution >= 4 is 11.3 Å². The van der Waals surface area contributed by atoms with Gasteiger partial charge in [-0.1, -0.05) is 12.5 Å². The molecule has 2 unspecified atom stereocenters. The number of nitrogens with one attached hydrogen (secondary N) is 1. The topological polar surface area (TPSA) is 80.2 Å². The number of piperidine rings is 2. The van der Waals surface area contributed by atoms with Gasteiger partial charge in [0.05, 0.1) is 15.6 Å². The van der Waals surface area contributed by atoms with Gasteiger partial charge in [0.2, 0.25) is 5.88 Å². The number of hydrogen-bond donors (Lipinski definition) is 2. The number of aromatic hydroxyl groups is 1. The lowest BCUT2D eigenvalue weighted by Crippen LogP contribution is -2.59. The Labute approximate surface area is 178 Å². The molecule has 4 heterocycles. The number of aromatic nitrogens is 3. The van der Waals surface area contributed by atoms with E-state index in [0.717, 1.165) is 34.7 Å². The standard InChI is InChI=1S/C22H23FN4O2S/c1-12-24-11-20(30-12)13-5-6-15(18(28)9-13)16-7-8-21(27-26-16)29-19-10-14-3-2-4-17(25-14)22(19)23/h5-9,11,14,17,19,22,25,28H,2-4,10H2,1H3/t14?,17?,19-,22+/m0/s1. The first-order chi connectivity index (χ1) is 14.6. The predicted molar refractivity (Wildman–Crippen MR) is 113 cm³/mol. The molecule has 2 aliphatic heterocycles. The first-order valence-corrected chi connectivity index (χ1v) is 11.0.